The van der Waals surface area contributed by atoms with Crippen LogP contribution in [0.15, 0.2) is 65.5 Å². The molecule has 0 saturated carbocycles. The van der Waals surface area contributed by atoms with E-state index < -0.39 is 15.9 Å². The molecular formula is C19H18ClN3O4S. The predicted molar refractivity (Wildman–Crippen MR) is 107 cm³/mol. The molecule has 0 bridgehead atoms. The number of hydrogen-bond acceptors (Lipinski definition) is 5. The van der Waals surface area contributed by atoms with Crippen LogP contribution >= 0.6 is 11.6 Å². The highest BCUT2D eigenvalue weighted by Gasteiger charge is 2.13. The van der Waals surface area contributed by atoms with E-state index in [9.17, 15) is 13.2 Å². The van der Waals surface area contributed by atoms with Crippen molar-refractivity contribution < 1.29 is 17.6 Å². The number of oxazole rings is 1. The van der Waals surface area contributed by atoms with Crippen molar-refractivity contribution in [2.24, 2.45) is 0 Å². The second kappa shape index (κ2) is 8.90. The summed E-state index contributed by atoms with van der Waals surface area (Å²) in [5.74, 6) is 0.387. The quantitative estimate of drug-likeness (QED) is 0.607. The average Bonchev–Trinajstić information content (AvgIpc) is 3.17. The molecule has 0 aliphatic carbocycles. The molecule has 1 heterocycles. The van der Waals surface area contributed by atoms with E-state index in [2.05, 4.69) is 15.6 Å². The number of anilines is 1. The van der Waals surface area contributed by atoms with Crippen LogP contribution in [0.5, 0.6) is 0 Å². The summed E-state index contributed by atoms with van der Waals surface area (Å²) in [7, 11) is -3.33. The van der Waals surface area contributed by atoms with Gasteiger partial charge in [0.2, 0.25) is 0 Å². The average molecular weight is 420 g/mol. The molecule has 0 unspecified atom stereocenters. The summed E-state index contributed by atoms with van der Waals surface area (Å²) >= 11 is 5.82. The molecule has 3 aromatic rings. The summed E-state index contributed by atoms with van der Waals surface area (Å²) in [6.07, 6.45) is 2.80. The molecule has 1 aromatic heterocycles. The lowest BCUT2D eigenvalue weighted by Gasteiger charge is -2.08. The lowest BCUT2D eigenvalue weighted by atomic mass is 10.2. The van der Waals surface area contributed by atoms with Crippen LogP contribution in [0.25, 0.3) is 0 Å². The number of carbonyl (C=O) groups excluding carboxylic acids is 1. The number of nitrogens with zero attached hydrogens (tertiary/aromatic N) is 1. The van der Waals surface area contributed by atoms with Gasteiger partial charge in [-0.15, -0.1) is 0 Å². The van der Waals surface area contributed by atoms with Crippen molar-refractivity contribution in [3.8, 4) is 0 Å². The maximum absolute atomic E-state index is 12.4. The third-order valence-corrected chi connectivity index (χ3v) is 5.60. The van der Waals surface area contributed by atoms with Gasteiger partial charge >= 0.3 is 6.03 Å². The predicted octanol–water partition coefficient (Wildman–Crippen LogP) is 3.76. The molecule has 0 radical (unpaired) electrons. The molecule has 9 heteroatoms. The fourth-order valence-electron chi connectivity index (χ4n) is 2.50. The van der Waals surface area contributed by atoms with Crippen molar-refractivity contribution >= 4 is 33.2 Å². The lowest BCUT2D eigenvalue weighted by Crippen LogP contribution is -2.27. The number of aromatic nitrogens is 1. The second-order valence-electron chi connectivity index (χ2n) is 6.13. The van der Waals surface area contributed by atoms with Crippen LogP contribution in [0.3, 0.4) is 0 Å². The molecule has 2 amide bonds. The van der Waals surface area contributed by atoms with Crippen LogP contribution in [0.2, 0.25) is 5.02 Å². The van der Waals surface area contributed by atoms with E-state index in [4.69, 9.17) is 16.0 Å². The molecule has 0 aliphatic rings. The van der Waals surface area contributed by atoms with Crippen LogP contribution in [-0.2, 0) is 27.9 Å². The number of nitrogens with one attached hydrogen (secondary N) is 2. The standard InChI is InChI=1S/C19H18ClN3O4S/c20-16-5-1-14(2-6-16)11-28(25,26)12-15-3-7-17(8-4-15)23-19(24)22-10-18-9-21-13-27-18/h1-9,13H,10-12H2,(H2,22,23,24). The minimum absolute atomic E-state index is 0.0613. The van der Waals surface area contributed by atoms with Crippen LogP contribution in [0.4, 0.5) is 10.5 Å². The maximum Gasteiger partial charge on any atom is 0.319 e. The highest BCUT2D eigenvalue weighted by molar-refractivity contribution is 7.89. The maximum atomic E-state index is 12.4. The first-order valence-electron chi connectivity index (χ1n) is 8.36. The van der Waals surface area contributed by atoms with Gasteiger partial charge in [0.05, 0.1) is 24.2 Å². The zero-order valence-corrected chi connectivity index (χ0v) is 16.3. The Balaban J connectivity index is 1.53. The molecule has 146 valence electrons. The minimum atomic E-state index is -3.33. The summed E-state index contributed by atoms with van der Waals surface area (Å²) in [4.78, 5) is 15.6. The van der Waals surface area contributed by atoms with Crippen LogP contribution < -0.4 is 10.6 Å². The Morgan fingerprint density at radius 2 is 1.61 bits per heavy atom. The van der Waals surface area contributed by atoms with Gasteiger partial charge in [-0.3, -0.25) is 0 Å². The second-order valence-corrected chi connectivity index (χ2v) is 8.63. The van der Waals surface area contributed by atoms with Gasteiger partial charge in [-0.2, -0.15) is 0 Å². The summed E-state index contributed by atoms with van der Waals surface area (Å²) in [5, 5.41) is 5.86. The van der Waals surface area contributed by atoms with Crippen LogP contribution in [0, 0.1) is 0 Å². The van der Waals surface area contributed by atoms with Gasteiger partial charge in [0.25, 0.3) is 0 Å². The number of sulfone groups is 1. The third kappa shape index (κ3) is 6.11. The largest absolute Gasteiger partial charge is 0.447 e. The van der Waals surface area contributed by atoms with E-state index in [1.165, 1.54) is 12.6 Å². The molecular weight excluding hydrogens is 402 g/mol. The molecule has 0 aliphatic heterocycles. The van der Waals surface area contributed by atoms with E-state index >= 15 is 0 Å². The molecule has 2 N–H and O–H groups in total. The monoisotopic (exact) mass is 419 g/mol. The van der Waals surface area contributed by atoms with Crippen molar-refractivity contribution in [3.05, 3.63) is 83.0 Å². The molecule has 0 saturated heterocycles. The first kappa shape index (κ1) is 19.9. The van der Waals surface area contributed by atoms with E-state index in [1.807, 2.05) is 0 Å². The van der Waals surface area contributed by atoms with Gasteiger partial charge in [0.15, 0.2) is 16.2 Å². The van der Waals surface area contributed by atoms with E-state index in [1.54, 1.807) is 48.5 Å². The Kier molecular flexibility index (Phi) is 6.33. The number of benzene rings is 2. The van der Waals surface area contributed by atoms with E-state index in [0.29, 0.717) is 27.6 Å². The van der Waals surface area contributed by atoms with Crippen LogP contribution in [0.1, 0.15) is 16.9 Å². The van der Waals surface area contributed by atoms with Crippen molar-refractivity contribution in [3.63, 3.8) is 0 Å². The molecule has 2 aromatic carbocycles. The zero-order valence-electron chi connectivity index (χ0n) is 14.8. The Morgan fingerprint density at radius 3 is 2.18 bits per heavy atom. The lowest BCUT2D eigenvalue weighted by molar-refractivity contribution is 0.251. The summed E-state index contributed by atoms with van der Waals surface area (Å²) in [6, 6.07) is 13.0. The van der Waals surface area contributed by atoms with Gasteiger partial charge in [-0.1, -0.05) is 35.9 Å². The first-order chi connectivity index (χ1) is 13.4. The van der Waals surface area contributed by atoms with Gasteiger partial charge in [0, 0.05) is 10.7 Å². The number of halogens is 1. The highest BCUT2D eigenvalue weighted by atomic mass is 35.5. The third-order valence-electron chi connectivity index (χ3n) is 3.80. The minimum Gasteiger partial charge on any atom is -0.447 e. The zero-order chi connectivity index (χ0) is 20.0. The Labute approximate surface area is 167 Å². The Morgan fingerprint density at radius 1 is 1.00 bits per heavy atom. The highest BCUT2D eigenvalue weighted by Crippen LogP contribution is 2.17. The Bertz CT molecular complexity index is 1020. The fraction of sp³-hybridized carbons (Fsp3) is 0.158. The number of rotatable bonds is 7. The summed E-state index contributed by atoms with van der Waals surface area (Å²) < 4.78 is 29.8. The number of amides is 2. The van der Waals surface area contributed by atoms with Gasteiger partial charge in [0.1, 0.15) is 5.76 Å². The van der Waals surface area contributed by atoms with Crippen LogP contribution in [-0.4, -0.2) is 19.4 Å². The molecule has 3 rings (SSSR count). The smallest absolute Gasteiger partial charge is 0.319 e. The normalized spacial score (nSPS) is 11.2. The molecule has 0 spiro atoms. The SMILES string of the molecule is O=C(NCc1cnco1)Nc1ccc(CS(=O)(=O)Cc2ccc(Cl)cc2)cc1. The van der Waals surface area contributed by atoms with Crippen molar-refractivity contribution in [2.45, 2.75) is 18.1 Å². The van der Waals surface area contributed by atoms with Gasteiger partial charge in [-0.05, 0) is 35.4 Å². The number of hydrogen-bond donors (Lipinski definition) is 2. The fourth-order valence-corrected chi connectivity index (χ4v) is 4.12. The molecule has 28 heavy (non-hydrogen) atoms. The summed E-state index contributed by atoms with van der Waals surface area (Å²) in [6.45, 7) is 0.215. The molecule has 7 nitrogen and oxygen atoms in total. The number of urea groups is 1. The Hall–Kier alpha value is -2.84. The molecule has 0 atom stereocenters. The number of carbonyl (C=O) groups is 1. The van der Waals surface area contributed by atoms with E-state index in [0.717, 1.165) is 0 Å². The summed E-state index contributed by atoms with van der Waals surface area (Å²) in [5.41, 5.74) is 1.88. The first-order valence-corrected chi connectivity index (χ1v) is 10.6. The topological polar surface area (TPSA) is 101 Å². The van der Waals surface area contributed by atoms with Crippen molar-refractivity contribution in [1.82, 2.24) is 10.3 Å². The van der Waals surface area contributed by atoms with E-state index in [-0.39, 0.29) is 18.1 Å². The molecule has 0 fully saturated rings. The van der Waals surface area contributed by atoms with Crippen molar-refractivity contribution in [2.75, 3.05) is 5.32 Å². The van der Waals surface area contributed by atoms with Gasteiger partial charge < -0.3 is 15.1 Å². The van der Waals surface area contributed by atoms with Crippen molar-refractivity contribution in [1.29, 1.82) is 0 Å². The van der Waals surface area contributed by atoms with Gasteiger partial charge in [-0.25, -0.2) is 18.2 Å².